The monoisotopic (exact) mass is 343 g/mol. The number of hydrogen-bond acceptors (Lipinski definition) is 6. The summed E-state index contributed by atoms with van der Waals surface area (Å²) in [6, 6.07) is 5.74. The SMILES string of the molecule is C[C@H](C(=O)N1CCN(Cc2ccc3c(c2)OCO3)CC1)n1cncn1. The van der Waals surface area contributed by atoms with E-state index >= 15 is 0 Å². The Kier molecular flexibility index (Phi) is 4.27. The van der Waals surface area contributed by atoms with Crippen molar-refractivity contribution < 1.29 is 14.3 Å². The molecule has 1 fully saturated rings. The van der Waals surface area contributed by atoms with Gasteiger partial charge in [0.2, 0.25) is 12.7 Å². The summed E-state index contributed by atoms with van der Waals surface area (Å²) in [5, 5.41) is 4.06. The van der Waals surface area contributed by atoms with Crippen molar-refractivity contribution in [2.24, 2.45) is 0 Å². The second kappa shape index (κ2) is 6.72. The summed E-state index contributed by atoms with van der Waals surface area (Å²) in [7, 11) is 0. The number of nitrogens with zero attached hydrogens (tertiary/aromatic N) is 5. The highest BCUT2D eigenvalue weighted by Gasteiger charge is 2.26. The van der Waals surface area contributed by atoms with E-state index < -0.39 is 0 Å². The molecule has 4 rings (SSSR count). The largest absolute Gasteiger partial charge is 0.454 e. The van der Waals surface area contributed by atoms with Crippen molar-refractivity contribution in [3.8, 4) is 11.5 Å². The van der Waals surface area contributed by atoms with Crippen LogP contribution in [0.15, 0.2) is 30.9 Å². The molecule has 25 heavy (non-hydrogen) atoms. The maximum absolute atomic E-state index is 12.6. The van der Waals surface area contributed by atoms with Crippen LogP contribution in [0.2, 0.25) is 0 Å². The lowest BCUT2D eigenvalue weighted by molar-refractivity contribution is -0.136. The fourth-order valence-electron chi connectivity index (χ4n) is 3.22. The highest BCUT2D eigenvalue weighted by atomic mass is 16.7. The van der Waals surface area contributed by atoms with Crippen molar-refractivity contribution in [3.05, 3.63) is 36.4 Å². The van der Waals surface area contributed by atoms with Crippen molar-refractivity contribution in [1.82, 2.24) is 24.6 Å². The van der Waals surface area contributed by atoms with E-state index in [2.05, 4.69) is 21.0 Å². The van der Waals surface area contributed by atoms with Crippen LogP contribution in [0.25, 0.3) is 0 Å². The summed E-state index contributed by atoms with van der Waals surface area (Å²) in [5.74, 6) is 1.71. The molecular formula is C17H21N5O3. The summed E-state index contributed by atoms with van der Waals surface area (Å²) in [5.41, 5.74) is 1.19. The number of carbonyl (C=O) groups excluding carboxylic acids is 1. The average Bonchev–Trinajstić information content (AvgIpc) is 3.32. The van der Waals surface area contributed by atoms with Gasteiger partial charge in [-0.25, -0.2) is 9.67 Å². The zero-order chi connectivity index (χ0) is 17.2. The number of rotatable bonds is 4. The zero-order valence-electron chi connectivity index (χ0n) is 14.2. The molecule has 2 aliphatic rings. The number of benzene rings is 1. The van der Waals surface area contributed by atoms with Gasteiger partial charge in [0.15, 0.2) is 11.5 Å². The second-order valence-corrected chi connectivity index (χ2v) is 6.34. The van der Waals surface area contributed by atoms with Crippen LogP contribution in [0.1, 0.15) is 18.5 Å². The van der Waals surface area contributed by atoms with E-state index in [-0.39, 0.29) is 11.9 Å². The minimum atomic E-state index is -0.317. The molecule has 1 aromatic carbocycles. The van der Waals surface area contributed by atoms with Gasteiger partial charge in [-0.3, -0.25) is 9.69 Å². The topological polar surface area (TPSA) is 72.7 Å². The zero-order valence-corrected chi connectivity index (χ0v) is 14.2. The Morgan fingerprint density at radius 2 is 2.00 bits per heavy atom. The van der Waals surface area contributed by atoms with Gasteiger partial charge in [-0.05, 0) is 24.6 Å². The molecule has 2 aromatic rings. The van der Waals surface area contributed by atoms with Crippen molar-refractivity contribution in [2.45, 2.75) is 19.5 Å². The highest BCUT2D eigenvalue weighted by Crippen LogP contribution is 2.32. The van der Waals surface area contributed by atoms with Crippen LogP contribution in [-0.4, -0.2) is 63.4 Å². The molecular weight excluding hydrogens is 322 g/mol. The fraction of sp³-hybridized carbons (Fsp3) is 0.471. The Labute approximate surface area is 145 Å². The minimum absolute atomic E-state index is 0.0910. The summed E-state index contributed by atoms with van der Waals surface area (Å²) < 4.78 is 12.4. The molecule has 1 saturated heterocycles. The Balaban J connectivity index is 1.31. The van der Waals surface area contributed by atoms with Gasteiger partial charge in [0.25, 0.3) is 0 Å². The van der Waals surface area contributed by atoms with Gasteiger partial charge >= 0.3 is 0 Å². The lowest BCUT2D eigenvalue weighted by Crippen LogP contribution is -2.49. The predicted octanol–water partition coefficient (Wildman–Crippen LogP) is 0.912. The quantitative estimate of drug-likeness (QED) is 0.822. The Morgan fingerprint density at radius 1 is 1.20 bits per heavy atom. The lowest BCUT2D eigenvalue weighted by atomic mass is 10.1. The van der Waals surface area contributed by atoms with Crippen LogP contribution < -0.4 is 9.47 Å². The lowest BCUT2D eigenvalue weighted by Gasteiger charge is -2.35. The van der Waals surface area contributed by atoms with Gasteiger partial charge in [0.05, 0.1) is 0 Å². The number of carbonyl (C=O) groups is 1. The number of piperazine rings is 1. The van der Waals surface area contributed by atoms with Crippen molar-refractivity contribution in [1.29, 1.82) is 0 Å². The standard InChI is InChI=1S/C17H21N5O3/c1-13(22-11-18-10-19-22)17(23)21-6-4-20(5-7-21)9-14-2-3-15-16(8-14)25-12-24-15/h2-3,8,10-11,13H,4-7,9,12H2,1H3/t13-/m1/s1. The molecule has 0 N–H and O–H groups in total. The second-order valence-electron chi connectivity index (χ2n) is 6.34. The van der Waals surface area contributed by atoms with Gasteiger partial charge in [0, 0.05) is 32.7 Å². The van der Waals surface area contributed by atoms with Gasteiger partial charge in [0.1, 0.15) is 18.7 Å². The first-order chi connectivity index (χ1) is 12.2. The van der Waals surface area contributed by atoms with E-state index in [0.29, 0.717) is 6.79 Å². The third-order valence-corrected chi connectivity index (χ3v) is 4.72. The molecule has 1 aromatic heterocycles. The molecule has 3 heterocycles. The molecule has 1 amide bonds. The number of hydrogen-bond donors (Lipinski definition) is 0. The third kappa shape index (κ3) is 3.30. The summed E-state index contributed by atoms with van der Waals surface area (Å²) >= 11 is 0. The predicted molar refractivity (Wildman–Crippen MR) is 89.2 cm³/mol. The maximum atomic E-state index is 12.6. The van der Waals surface area contributed by atoms with Crippen LogP contribution in [0.5, 0.6) is 11.5 Å². The summed E-state index contributed by atoms with van der Waals surface area (Å²) in [4.78, 5) is 20.7. The van der Waals surface area contributed by atoms with E-state index in [9.17, 15) is 4.79 Å². The molecule has 2 aliphatic heterocycles. The molecule has 0 bridgehead atoms. The van der Waals surface area contributed by atoms with Gasteiger partial charge in [-0.2, -0.15) is 5.10 Å². The maximum Gasteiger partial charge on any atom is 0.247 e. The van der Waals surface area contributed by atoms with Crippen LogP contribution in [-0.2, 0) is 11.3 Å². The molecule has 8 nitrogen and oxygen atoms in total. The molecule has 0 radical (unpaired) electrons. The van der Waals surface area contributed by atoms with E-state index in [1.807, 2.05) is 24.0 Å². The van der Waals surface area contributed by atoms with E-state index in [4.69, 9.17) is 9.47 Å². The first kappa shape index (κ1) is 15.9. The number of aromatic nitrogens is 3. The van der Waals surface area contributed by atoms with Crippen LogP contribution >= 0.6 is 0 Å². The van der Waals surface area contributed by atoms with E-state index in [1.165, 1.54) is 11.9 Å². The molecule has 0 unspecified atom stereocenters. The highest BCUT2D eigenvalue weighted by molar-refractivity contribution is 5.80. The first-order valence-electron chi connectivity index (χ1n) is 8.44. The van der Waals surface area contributed by atoms with Crippen molar-refractivity contribution >= 4 is 5.91 Å². The normalized spacial score (nSPS) is 18.4. The van der Waals surface area contributed by atoms with E-state index in [1.54, 1.807) is 11.0 Å². The van der Waals surface area contributed by atoms with E-state index in [0.717, 1.165) is 44.2 Å². The fourth-order valence-corrected chi connectivity index (χ4v) is 3.22. The summed E-state index contributed by atoms with van der Waals surface area (Å²) in [6.45, 7) is 6.15. The number of ether oxygens (including phenoxy) is 2. The molecule has 0 aliphatic carbocycles. The molecule has 0 spiro atoms. The Bertz CT molecular complexity index is 741. The van der Waals surface area contributed by atoms with Crippen molar-refractivity contribution in [3.63, 3.8) is 0 Å². The molecule has 0 saturated carbocycles. The molecule has 132 valence electrons. The molecule has 1 atom stereocenters. The van der Waals surface area contributed by atoms with Crippen molar-refractivity contribution in [2.75, 3.05) is 33.0 Å². The van der Waals surface area contributed by atoms with Gasteiger partial charge in [-0.15, -0.1) is 0 Å². The Hall–Kier alpha value is -2.61. The number of amides is 1. The van der Waals surface area contributed by atoms with Crippen LogP contribution in [0, 0.1) is 0 Å². The summed E-state index contributed by atoms with van der Waals surface area (Å²) in [6.07, 6.45) is 3.03. The Morgan fingerprint density at radius 3 is 2.76 bits per heavy atom. The van der Waals surface area contributed by atoms with Gasteiger partial charge in [-0.1, -0.05) is 6.07 Å². The number of fused-ring (bicyclic) bond motifs is 1. The van der Waals surface area contributed by atoms with Crippen LogP contribution in [0.3, 0.4) is 0 Å². The molecule has 8 heteroatoms. The minimum Gasteiger partial charge on any atom is -0.454 e. The first-order valence-corrected chi connectivity index (χ1v) is 8.44. The average molecular weight is 343 g/mol. The van der Waals surface area contributed by atoms with Crippen LogP contribution in [0.4, 0.5) is 0 Å². The van der Waals surface area contributed by atoms with Gasteiger partial charge < -0.3 is 14.4 Å². The smallest absolute Gasteiger partial charge is 0.247 e. The third-order valence-electron chi connectivity index (χ3n) is 4.72.